The molecule has 0 saturated carbocycles. The lowest BCUT2D eigenvalue weighted by atomic mass is 10.3. The van der Waals surface area contributed by atoms with Gasteiger partial charge in [-0.3, -0.25) is 20.4 Å². The number of Topliss-reactive ketones (excluding diaryl/α,β-unsaturated/α-hetero) is 2. The summed E-state index contributed by atoms with van der Waals surface area (Å²) in [7, 11) is 0. The molecule has 0 bridgehead atoms. The van der Waals surface area contributed by atoms with E-state index in [0.29, 0.717) is 34.7 Å². The van der Waals surface area contributed by atoms with Crippen LogP contribution >= 0.6 is 24.4 Å². The monoisotopic (exact) mass is 344 g/mol. The molecule has 0 aromatic heterocycles. The number of hydrogen-bond donors (Lipinski definition) is 4. The van der Waals surface area contributed by atoms with Crippen molar-refractivity contribution in [3.63, 3.8) is 0 Å². The second-order valence-electron chi connectivity index (χ2n) is 4.24. The van der Waals surface area contributed by atoms with E-state index in [9.17, 15) is 9.59 Å². The summed E-state index contributed by atoms with van der Waals surface area (Å²) in [5.41, 5.74) is 5.79. The number of carbonyl (C=O) groups excluding carboxylic acids is 2. The number of hydrazone groups is 2. The largest absolute Gasteiger partial charge is 0.360 e. The molecule has 8 nitrogen and oxygen atoms in total. The Labute approximate surface area is 140 Å². The third-order valence-corrected chi connectivity index (χ3v) is 2.84. The predicted octanol–water partition coefficient (Wildman–Crippen LogP) is -0.156. The van der Waals surface area contributed by atoms with Gasteiger partial charge in [0, 0.05) is 26.9 Å². The molecule has 0 aromatic carbocycles. The van der Waals surface area contributed by atoms with Crippen LogP contribution in [0.3, 0.4) is 0 Å². The van der Waals surface area contributed by atoms with Gasteiger partial charge < -0.3 is 10.6 Å². The summed E-state index contributed by atoms with van der Waals surface area (Å²) in [5, 5.41) is 14.0. The van der Waals surface area contributed by atoms with E-state index >= 15 is 0 Å². The molecular weight excluding hydrogens is 324 g/mol. The molecule has 0 spiro atoms. The van der Waals surface area contributed by atoms with Crippen molar-refractivity contribution in [2.45, 2.75) is 27.7 Å². The van der Waals surface area contributed by atoms with E-state index in [-0.39, 0.29) is 11.6 Å². The number of rotatable bonds is 7. The lowest BCUT2D eigenvalue weighted by molar-refractivity contribution is -0.111. The third-order valence-electron chi connectivity index (χ3n) is 2.37. The van der Waals surface area contributed by atoms with Crippen molar-refractivity contribution in [1.82, 2.24) is 21.5 Å². The smallest absolute Gasteiger partial charge is 0.187 e. The molecule has 0 fully saturated rings. The summed E-state index contributed by atoms with van der Waals surface area (Å²) in [5.74, 6) is -0.260. The van der Waals surface area contributed by atoms with Crippen LogP contribution in [0.4, 0.5) is 0 Å². The highest BCUT2D eigenvalue weighted by atomic mass is 32.1. The van der Waals surface area contributed by atoms with Gasteiger partial charge in [0.05, 0.1) is 0 Å². The molecule has 0 aliphatic carbocycles. The van der Waals surface area contributed by atoms with Crippen molar-refractivity contribution >= 4 is 57.7 Å². The minimum Gasteiger partial charge on any atom is -0.360 e. The van der Waals surface area contributed by atoms with E-state index in [1.165, 1.54) is 13.8 Å². The van der Waals surface area contributed by atoms with Crippen molar-refractivity contribution < 1.29 is 9.59 Å². The van der Waals surface area contributed by atoms with Crippen molar-refractivity contribution in [2.75, 3.05) is 13.1 Å². The van der Waals surface area contributed by atoms with Crippen LogP contribution in [0.5, 0.6) is 0 Å². The number of nitrogens with zero attached hydrogens (tertiary/aromatic N) is 2. The molecule has 0 aliphatic rings. The number of ketones is 2. The number of carbonyl (C=O) groups is 2. The molecule has 0 radical (unpaired) electrons. The lowest BCUT2D eigenvalue weighted by Gasteiger charge is -2.10. The fourth-order valence-corrected chi connectivity index (χ4v) is 1.15. The van der Waals surface area contributed by atoms with Gasteiger partial charge >= 0.3 is 0 Å². The Bertz CT molecular complexity index is 470. The zero-order valence-electron chi connectivity index (χ0n) is 12.9. The molecule has 4 N–H and O–H groups in total. The number of thiocarbonyl (C=S) groups is 2. The molecule has 0 heterocycles. The van der Waals surface area contributed by atoms with E-state index in [0.717, 1.165) is 0 Å². The second kappa shape index (κ2) is 10.7. The molecule has 22 heavy (non-hydrogen) atoms. The molecule has 10 heteroatoms. The van der Waals surface area contributed by atoms with Gasteiger partial charge in [-0.1, -0.05) is 0 Å². The summed E-state index contributed by atoms with van der Waals surface area (Å²) < 4.78 is 0. The topological polar surface area (TPSA) is 107 Å². The normalized spacial score (nSPS) is 11.5. The van der Waals surface area contributed by atoms with Gasteiger partial charge in [0.25, 0.3) is 0 Å². The first kappa shape index (κ1) is 20.1. The average Bonchev–Trinajstić information content (AvgIpc) is 2.46. The zero-order valence-corrected chi connectivity index (χ0v) is 14.6. The Morgan fingerprint density at radius 3 is 1.36 bits per heavy atom. The summed E-state index contributed by atoms with van der Waals surface area (Å²) in [6.07, 6.45) is 0. The predicted molar refractivity (Wildman–Crippen MR) is 95.1 cm³/mol. The van der Waals surface area contributed by atoms with Gasteiger partial charge in [0.2, 0.25) is 0 Å². The van der Waals surface area contributed by atoms with Crippen molar-refractivity contribution in [2.24, 2.45) is 10.2 Å². The molecule has 0 aromatic rings. The first-order chi connectivity index (χ1) is 10.2. The Morgan fingerprint density at radius 1 is 0.773 bits per heavy atom. The fourth-order valence-electron chi connectivity index (χ4n) is 0.858. The lowest BCUT2D eigenvalue weighted by Crippen LogP contribution is -2.41. The molecule has 0 amide bonds. The Kier molecular flexibility index (Phi) is 9.79. The molecular formula is C12H20N6O2S2. The molecule has 122 valence electrons. The SMILES string of the molecule is CC(=O)/C(C)=N/NC(=S)NCCNC(=S)N/N=C(\C)C(C)=O. The summed E-state index contributed by atoms with van der Waals surface area (Å²) in [4.78, 5) is 21.9. The number of nitrogens with one attached hydrogen (secondary N) is 4. The molecule has 0 saturated heterocycles. The van der Waals surface area contributed by atoms with Crippen LogP contribution in [0, 0.1) is 0 Å². The highest BCUT2D eigenvalue weighted by molar-refractivity contribution is 7.80. The number of hydrogen-bond acceptors (Lipinski definition) is 6. The van der Waals surface area contributed by atoms with Crippen molar-refractivity contribution in [3.05, 3.63) is 0 Å². The van der Waals surface area contributed by atoms with Crippen LogP contribution in [0.1, 0.15) is 27.7 Å². The second-order valence-corrected chi connectivity index (χ2v) is 5.06. The minimum absolute atomic E-state index is 0.130. The van der Waals surface area contributed by atoms with Gasteiger partial charge in [0.15, 0.2) is 21.8 Å². The molecule has 0 aliphatic heterocycles. The van der Waals surface area contributed by atoms with Gasteiger partial charge in [-0.05, 0) is 38.3 Å². The maximum absolute atomic E-state index is 10.9. The minimum atomic E-state index is -0.130. The highest BCUT2D eigenvalue weighted by Gasteiger charge is 2.00. The van der Waals surface area contributed by atoms with Crippen LogP contribution in [-0.4, -0.2) is 46.3 Å². The van der Waals surface area contributed by atoms with Gasteiger partial charge in [-0.25, -0.2) is 0 Å². The third kappa shape index (κ3) is 9.88. The van der Waals surface area contributed by atoms with Crippen LogP contribution in [0.15, 0.2) is 10.2 Å². The average molecular weight is 344 g/mol. The summed E-state index contributed by atoms with van der Waals surface area (Å²) in [6.45, 7) is 6.99. The standard InChI is InChI=1S/C12H20N6O2S2/c1-7(9(3)19)15-17-11(21)13-5-6-14-12(22)18-16-8(2)10(4)20/h5-6H2,1-4H3,(H2,13,17,21)(H2,14,18,22)/b15-7+,16-8+. The highest BCUT2D eigenvalue weighted by Crippen LogP contribution is 1.79. The first-order valence-electron chi connectivity index (χ1n) is 6.42. The fraction of sp³-hybridized carbons (Fsp3) is 0.500. The zero-order chi connectivity index (χ0) is 17.1. The van der Waals surface area contributed by atoms with E-state index in [2.05, 4.69) is 31.7 Å². The quantitative estimate of drug-likeness (QED) is 0.219. The van der Waals surface area contributed by atoms with Crippen LogP contribution < -0.4 is 21.5 Å². The summed E-state index contributed by atoms with van der Waals surface area (Å²) >= 11 is 9.95. The van der Waals surface area contributed by atoms with Crippen molar-refractivity contribution in [1.29, 1.82) is 0 Å². The van der Waals surface area contributed by atoms with Crippen molar-refractivity contribution in [3.8, 4) is 0 Å². The maximum Gasteiger partial charge on any atom is 0.187 e. The van der Waals surface area contributed by atoms with Crippen LogP contribution in [0.25, 0.3) is 0 Å². The van der Waals surface area contributed by atoms with E-state index < -0.39 is 0 Å². The van der Waals surface area contributed by atoms with Gasteiger partial charge in [0.1, 0.15) is 11.4 Å². The van der Waals surface area contributed by atoms with Crippen LogP contribution in [-0.2, 0) is 9.59 Å². The molecule has 0 atom stereocenters. The Morgan fingerprint density at radius 2 is 1.09 bits per heavy atom. The molecule has 0 unspecified atom stereocenters. The van der Waals surface area contributed by atoms with Crippen LogP contribution in [0.2, 0.25) is 0 Å². The van der Waals surface area contributed by atoms with Gasteiger partial charge in [-0.15, -0.1) is 0 Å². The van der Waals surface area contributed by atoms with E-state index in [1.54, 1.807) is 13.8 Å². The van der Waals surface area contributed by atoms with E-state index in [1.807, 2.05) is 0 Å². The Balaban J connectivity index is 3.89. The first-order valence-corrected chi connectivity index (χ1v) is 7.23. The molecule has 0 rings (SSSR count). The van der Waals surface area contributed by atoms with E-state index in [4.69, 9.17) is 24.4 Å². The maximum atomic E-state index is 10.9. The Hall–Kier alpha value is -1.94. The summed E-state index contributed by atoms with van der Waals surface area (Å²) in [6, 6.07) is 0. The van der Waals surface area contributed by atoms with Gasteiger partial charge in [-0.2, -0.15) is 10.2 Å².